The molecule has 2 aromatic carbocycles. The number of hydrogen-bond acceptors (Lipinski definition) is 2. The number of carbonyl (C=O) groups is 1. The van der Waals surface area contributed by atoms with Crippen molar-refractivity contribution in [3.63, 3.8) is 0 Å². The summed E-state index contributed by atoms with van der Waals surface area (Å²) in [4.78, 5) is 14.5. The first-order valence-electron chi connectivity index (χ1n) is 7.90. The van der Waals surface area contributed by atoms with Gasteiger partial charge in [-0.3, -0.25) is 9.69 Å². The normalized spacial score (nSPS) is 21.4. The number of nitrogens with one attached hydrogen (secondary N) is 1. The van der Waals surface area contributed by atoms with Gasteiger partial charge in [-0.15, -0.1) is 0 Å². The lowest BCUT2D eigenvalue weighted by Gasteiger charge is -2.30. The summed E-state index contributed by atoms with van der Waals surface area (Å²) in [7, 11) is 0. The Bertz CT molecular complexity index is 771. The molecule has 1 atom stereocenters. The highest BCUT2D eigenvalue weighted by Gasteiger charge is 2.24. The second-order valence-electron chi connectivity index (χ2n) is 6.60. The lowest BCUT2D eigenvalue weighted by Crippen LogP contribution is -2.33. The van der Waals surface area contributed by atoms with Gasteiger partial charge in [0, 0.05) is 29.5 Å². The number of hydrogen-bond donors (Lipinski definition) is 1. The first kappa shape index (κ1) is 13.7. The minimum Gasteiger partial charge on any atom is -0.321 e. The third-order valence-corrected chi connectivity index (χ3v) is 4.76. The summed E-state index contributed by atoms with van der Waals surface area (Å²) in [5, 5.41) is 4.09. The van der Waals surface area contributed by atoms with Crippen LogP contribution in [0.1, 0.15) is 35.7 Å². The van der Waals surface area contributed by atoms with Crippen molar-refractivity contribution >= 4 is 22.4 Å². The van der Waals surface area contributed by atoms with Crippen LogP contribution in [0.25, 0.3) is 10.8 Å². The van der Waals surface area contributed by atoms with Gasteiger partial charge in [-0.1, -0.05) is 6.92 Å². The van der Waals surface area contributed by atoms with Crippen LogP contribution in [0.15, 0.2) is 24.3 Å². The van der Waals surface area contributed by atoms with Gasteiger partial charge in [0.2, 0.25) is 0 Å². The van der Waals surface area contributed by atoms with Crippen LogP contribution in [0.2, 0.25) is 0 Å². The van der Waals surface area contributed by atoms with E-state index in [-0.39, 0.29) is 11.7 Å². The number of anilines is 1. The highest BCUT2D eigenvalue weighted by Crippen LogP contribution is 2.35. The molecule has 0 bridgehead atoms. The van der Waals surface area contributed by atoms with Crippen molar-refractivity contribution in [1.82, 2.24) is 4.90 Å². The Morgan fingerprint density at radius 2 is 2.23 bits per heavy atom. The Balaban J connectivity index is 1.75. The summed E-state index contributed by atoms with van der Waals surface area (Å²) in [6, 6.07) is 6.89. The van der Waals surface area contributed by atoms with Crippen molar-refractivity contribution < 1.29 is 9.18 Å². The average Bonchev–Trinajstić information content (AvgIpc) is 2.80. The zero-order valence-electron chi connectivity index (χ0n) is 12.7. The first-order chi connectivity index (χ1) is 10.6. The zero-order chi connectivity index (χ0) is 15.3. The molecule has 3 nitrogen and oxygen atoms in total. The number of likely N-dealkylation sites (tertiary alicyclic amines) is 1. The van der Waals surface area contributed by atoms with Crippen LogP contribution in [0.5, 0.6) is 0 Å². The van der Waals surface area contributed by atoms with Crippen LogP contribution in [-0.2, 0) is 6.54 Å². The second kappa shape index (κ2) is 5.06. The standard InChI is InChI=1S/C18H19FN2O/c1-11-3-2-6-21(9-11)10-12-7-13-15(19)4-5-16-17(13)14(8-12)18(22)20-16/h4-5,7-8,11H,2-3,6,9-10H2,1H3,(H,20,22). The molecule has 22 heavy (non-hydrogen) atoms. The van der Waals surface area contributed by atoms with Crippen LogP contribution in [0, 0.1) is 11.7 Å². The molecule has 0 aromatic heterocycles. The van der Waals surface area contributed by atoms with E-state index in [4.69, 9.17) is 0 Å². The molecule has 4 heteroatoms. The molecule has 0 aliphatic carbocycles. The van der Waals surface area contributed by atoms with E-state index in [1.807, 2.05) is 12.1 Å². The molecule has 114 valence electrons. The molecular formula is C18H19FN2O. The number of piperidine rings is 1. The van der Waals surface area contributed by atoms with Crippen LogP contribution < -0.4 is 5.32 Å². The number of halogens is 1. The van der Waals surface area contributed by atoms with E-state index < -0.39 is 0 Å². The van der Waals surface area contributed by atoms with E-state index in [1.165, 1.54) is 18.9 Å². The van der Waals surface area contributed by atoms with Crippen molar-refractivity contribution in [2.24, 2.45) is 5.92 Å². The smallest absolute Gasteiger partial charge is 0.256 e. The highest BCUT2D eigenvalue weighted by molar-refractivity contribution is 6.24. The van der Waals surface area contributed by atoms with Crippen molar-refractivity contribution in [3.8, 4) is 0 Å². The number of benzene rings is 2. The van der Waals surface area contributed by atoms with Gasteiger partial charge in [0.05, 0.1) is 5.56 Å². The summed E-state index contributed by atoms with van der Waals surface area (Å²) in [5.41, 5.74) is 2.34. The molecule has 1 amide bonds. The molecule has 0 spiro atoms. The third-order valence-electron chi connectivity index (χ3n) is 4.76. The van der Waals surface area contributed by atoms with Gasteiger partial charge in [0.15, 0.2) is 0 Å². The van der Waals surface area contributed by atoms with Gasteiger partial charge in [-0.05, 0) is 55.1 Å². The fraction of sp³-hybridized carbons (Fsp3) is 0.389. The van der Waals surface area contributed by atoms with Gasteiger partial charge in [-0.2, -0.15) is 0 Å². The fourth-order valence-electron chi connectivity index (χ4n) is 3.76. The van der Waals surface area contributed by atoms with E-state index in [0.29, 0.717) is 16.9 Å². The monoisotopic (exact) mass is 298 g/mol. The van der Waals surface area contributed by atoms with Crippen molar-refractivity contribution in [2.75, 3.05) is 18.4 Å². The Morgan fingerprint density at radius 3 is 3.05 bits per heavy atom. The van der Waals surface area contributed by atoms with E-state index >= 15 is 0 Å². The molecule has 4 rings (SSSR count). The molecule has 2 aliphatic rings. The summed E-state index contributed by atoms with van der Waals surface area (Å²) in [6.45, 7) is 5.20. The number of amides is 1. The fourth-order valence-corrected chi connectivity index (χ4v) is 3.76. The molecule has 2 aliphatic heterocycles. The Morgan fingerprint density at radius 1 is 1.36 bits per heavy atom. The van der Waals surface area contributed by atoms with Gasteiger partial charge >= 0.3 is 0 Å². The Labute approximate surface area is 129 Å². The summed E-state index contributed by atoms with van der Waals surface area (Å²) in [6.07, 6.45) is 2.49. The molecule has 0 saturated carbocycles. The average molecular weight is 298 g/mol. The first-order valence-corrected chi connectivity index (χ1v) is 7.90. The van der Waals surface area contributed by atoms with E-state index in [2.05, 4.69) is 17.1 Å². The molecule has 1 N–H and O–H groups in total. The Kier molecular flexibility index (Phi) is 3.15. The number of carbonyl (C=O) groups excluding carboxylic acids is 1. The molecule has 0 radical (unpaired) electrons. The maximum absolute atomic E-state index is 14.2. The maximum atomic E-state index is 14.2. The lowest BCUT2D eigenvalue weighted by molar-refractivity contribution is 0.103. The number of rotatable bonds is 2. The summed E-state index contributed by atoms with van der Waals surface area (Å²) >= 11 is 0. The minimum atomic E-state index is -0.259. The maximum Gasteiger partial charge on any atom is 0.256 e. The van der Waals surface area contributed by atoms with Crippen LogP contribution in [0.4, 0.5) is 10.1 Å². The Hall–Kier alpha value is -1.94. The minimum absolute atomic E-state index is 0.125. The van der Waals surface area contributed by atoms with E-state index in [1.54, 1.807) is 6.07 Å². The van der Waals surface area contributed by atoms with Gasteiger partial charge in [0.1, 0.15) is 5.82 Å². The van der Waals surface area contributed by atoms with Crippen molar-refractivity contribution in [2.45, 2.75) is 26.3 Å². The molecule has 1 unspecified atom stereocenters. The molecule has 2 heterocycles. The predicted molar refractivity (Wildman–Crippen MR) is 85.5 cm³/mol. The third kappa shape index (κ3) is 2.18. The zero-order valence-corrected chi connectivity index (χ0v) is 12.7. The lowest BCUT2D eigenvalue weighted by atomic mass is 9.98. The SMILES string of the molecule is CC1CCCN(Cc2cc3c4c(ccc(F)c4c2)NC3=O)C1. The predicted octanol–water partition coefficient (Wildman–Crippen LogP) is 3.78. The van der Waals surface area contributed by atoms with Crippen LogP contribution in [0.3, 0.4) is 0 Å². The van der Waals surface area contributed by atoms with Crippen molar-refractivity contribution in [1.29, 1.82) is 0 Å². The quantitative estimate of drug-likeness (QED) is 0.915. The summed E-state index contributed by atoms with van der Waals surface area (Å²) in [5.74, 6) is 0.320. The van der Waals surface area contributed by atoms with Crippen LogP contribution >= 0.6 is 0 Å². The van der Waals surface area contributed by atoms with Gasteiger partial charge < -0.3 is 5.32 Å². The van der Waals surface area contributed by atoms with Gasteiger partial charge in [-0.25, -0.2) is 4.39 Å². The second-order valence-corrected chi connectivity index (χ2v) is 6.60. The molecule has 2 aromatic rings. The highest BCUT2D eigenvalue weighted by atomic mass is 19.1. The molecular weight excluding hydrogens is 279 g/mol. The molecule has 1 saturated heterocycles. The van der Waals surface area contributed by atoms with Crippen molar-refractivity contribution in [3.05, 3.63) is 41.2 Å². The van der Waals surface area contributed by atoms with Crippen LogP contribution in [-0.4, -0.2) is 23.9 Å². The van der Waals surface area contributed by atoms with Gasteiger partial charge in [0.25, 0.3) is 5.91 Å². The topological polar surface area (TPSA) is 32.3 Å². The largest absolute Gasteiger partial charge is 0.321 e. The van der Waals surface area contributed by atoms with E-state index in [9.17, 15) is 9.18 Å². The number of nitrogens with zero attached hydrogens (tertiary/aromatic N) is 1. The van der Waals surface area contributed by atoms with E-state index in [0.717, 1.165) is 36.3 Å². The summed E-state index contributed by atoms with van der Waals surface area (Å²) < 4.78 is 14.2. The molecule has 1 fully saturated rings.